The van der Waals surface area contributed by atoms with Crippen molar-refractivity contribution in [2.45, 2.75) is 37.7 Å². The molecule has 0 aliphatic heterocycles. The van der Waals surface area contributed by atoms with Crippen LogP contribution >= 0.6 is 23.1 Å². The maximum atomic E-state index is 13.0. The SMILES string of the molecule is CC(C)Cn1c(S[C@H](C)C(=O)Nc2sccc2C#N)nc2ccccc2c1=O. The van der Waals surface area contributed by atoms with Gasteiger partial charge in [-0.2, -0.15) is 5.26 Å². The van der Waals surface area contributed by atoms with E-state index in [0.29, 0.717) is 33.2 Å². The summed E-state index contributed by atoms with van der Waals surface area (Å²) < 4.78 is 1.65. The predicted octanol–water partition coefficient (Wildman–Crippen LogP) is 4.10. The van der Waals surface area contributed by atoms with Crippen LogP contribution < -0.4 is 10.9 Å². The maximum absolute atomic E-state index is 13.0. The van der Waals surface area contributed by atoms with Gasteiger partial charge in [0.15, 0.2) is 5.16 Å². The molecule has 6 nitrogen and oxygen atoms in total. The van der Waals surface area contributed by atoms with Crippen molar-refractivity contribution in [1.29, 1.82) is 5.26 Å². The highest BCUT2D eigenvalue weighted by molar-refractivity contribution is 8.00. The van der Waals surface area contributed by atoms with Crippen molar-refractivity contribution in [2.75, 3.05) is 5.32 Å². The molecular formula is C20H20N4O2S2. The van der Waals surface area contributed by atoms with Crippen LogP contribution in [-0.4, -0.2) is 20.7 Å². The van der Waals surface area contributed by atoms with Crippen LogP contribution in [0.4, 0.5) is 5.00 Å². The number of amides is 1. The molecule has 0 radical (unpaired) electrons. The topological polar surface area (TPSA) is 87.8 Å². The molecule has 0 unspecified atom stereocenters. The summed E-state index contributed by atoms with van der Waals surface area (Å²) in [7, 11) is 0. The lowest BCUT2D eigenvalue weighted by atomic mass is 10.2. The minimum absolute atomic E-state index is 0.0977. The van der Waals surface area contributed by atoms with Gasteiger partial charge < -0.3 is 5.32 Å². The summed E-state index contributed by atoms with van der Waals surface area (Å²) in [4.78, 5) is 30.2. The normalized spacial score (nSPS) is 12.1. The van der Waals surface area contributed by atoms with Gasteiger partial charge in [-0.25, -0.2) is 4.98 Å². The molecule has 1 atom stereocenters. The Labute approximate surface area is 171 Å². The number of carbonyl (C=O) groups is 1. The first-order valence-corrected chi connectivity index (χ1v) is 10.6. The Morgan fingerprint density at radius 1 is 1.32 bits per heavy atom. The van der Waals surface area contributed by atoms with Crippen LogP contribution in [0.25, 0.3) is 10.9 Å². The molecule has 0 saturated carbocycles. The average molecular weight is 413 g/mol. The lowest BCUT2D eigenvalue weighted by Gasteiger charge is -2.17. The lowest BCUT2D eigenvalue weighted by molar-refractivity contribution is -0.115. The number of thiophene rings is 1. The van der Waals surface area contributed by atoms with Crippen LogP contribution in [0.15, 0.2) is 45.7 Å². The van der Waals surface area contributed by atoms with Crippen LogP contribution in [0.1, 0.15) is 26.3 Å². The van der Waals surface area contributed by atoms with Crippen LogP contribution in [0.5, 0.6) is 0 Å². The largest absolute Gasteiger partial charge is 0.316 e. The Morgan fingerprint density at radius 2 is 2.07 bits per heavy atom. The molecule has 1 amide bonds. The molecule has 0 aliphatic rings. The molecule has 0 bridgehead atoms. The van der Waals surface area contributed by atoms with Crippen molar-refractivity contribution >= 4 is 44.9 Å². The van der Waals surface area contributed by atoms with Crippen LogP contribution in [0, 0.1) is 17.2 Å². The quantitative estimate of drug-likeness (QED) is 0.486. The van der Waals surface area contributed by atoms with Gasteiger partial charge in [0.2, 0.25) is 5.91 Å². The summed E-state index contributed by atoms with van der Waals surface area (Å²) in [6, 6.07) is 11.0. The van der Waals surface area contributed by atoms with Gasteiger partial charge in [-0.3, -0.25) is 14.2 Å². The summed E-state index contributed by atoms with van der Waals surface area (Å²) in [5.41, 5.74) is 0.961. The molecule has 0 fully saturated rings. The van der Waals surface area contributed by atoms with E-state index in [1.54, 1.807) is 35.1 Å². The molecule has 2 heterocycles. The standard InChI is InChI=1S/C20H20N4O2S2/c1-12(2)11-24-19(26)15-6-4-5-7-16(15)22-20(24)28-13(3)17(25)23-18-14(10-21)8-9-27-18/h4-9,12-13H,11H2,1-3H3,(H,23,25)/t13-/m1/s1. The summed E-state index contributed by atoms with van der Waals surface area (Å²) in [6.45, 7) is 6.36. The number of para-hydroxylation sites is 1. The zero-order chi connectivity index (χ0) is 20.3. The number of hydrogen-bond acceptors (Lipinski definition) is 6. The number of nitrogens with one attached hydrogen (secondary N) is 1. The van der Waals surface area contributed by atoms with Gasteiger partial charge in [0.25, 0.3) is 5.56 Å². The van der Waals surface area contributed by atoms with Crippen molar-refractivity contribution in [1.82, 2.24) is 9.55 Å². The molecule has 8 heteroatoms. The van der Waals surface area contributed by atoms with Crippen molar-refractivity contribution in [3.63, 3.8) is 0 Å². The maximum Gasteiger partial charge on any atom is 0.262 e. The van der Waals surface area contributed by atoms with Gasteiger partial charge in [-0.1, -0.05) is 37.7 Å². The highest BCUT2D eigenvalue weighted by atomic mass is 32.2. The fourth-order valence-electron chi connectivity index (χ4n) is 2.68. The van der Waals surface area contributed by atoms with Gasteiger partial charge in [0.1, 0.15) is 11.1 Å². The van der Waals surface area contributed by atoms with E-state index >= 15 is 0 Å². The van der Waals surface area contributed by atoms with Gasteiger partial charge in [0.05, 0.1) is 21.7 Å². The molecule has 1 N–H and O–H groups in total. The monoisotopic (exact) mass is 412 g/mol. The molecule has 0 aliphatic carbocycles. The van der Waals surface area contributed by atoms with E-state index in [1.807, 2.05) is 26.0 Å². The lowest BCUT2D eigenvalue weighted by Crippen LogP contribution is -2.28. The van der Waals surface area contributed by atoms with E-state index in [9.17, 15) is 9.59 Å². The summed E-state index contributed by atoms with van der Waals surface area (Å²) >= 11 is 2.55. The second-order valence-corrected chi connectivity index (χ2v) is 8.97. The molecule has 1 aromatic carbocycles. The minimum Gasteiger partial charge on any atom is -0.316 e. The second kappa shape index (κ2) is 8.59. The number of hydrogen-bond donors (Lipinski definition) is 1. The number of thioether (sulfide) groups is 1. The molecular weight excluding hydrogens is 392 g/mol. The number of anilines is 1. The molecule has 28 heavy (non-hydrogen) atoms. The third-order valence-electron chi connectivity index (χ3n) is 4.05. The number of nitrogens with zero attached hydrogens (tertiary/aromatic N) is 3. The number of nitriles is 1. The first-order valence-electron chi connectivity index (χ1n) is 8.85. The van der Waals surface area contributed by atoms with Gasteiger partial charge in [-0.05, 0) is 36.4 Å². The number of carbonyl (C=O) groups excluding carboxylic acids is 1. The first kappa shape index (κ1) is 20.1. The van der Waals surface area contributed by atoms with Gasteiger partial charge in [-0.15, -0.1) is 11.3 Å². The molecule has 0 saturated heterocycles. The summed E-state index contributed by atoms with van der Waals surface area (Å²) in [5.74, 6) is 0.0240. The van der Waals surface area contributed by atoms with E-state index in [0.717, 1.165) is 0 Å². The molecule has 0 spiro atoms. The van der Waals surface area contributed by atoms with E-state index < -0.39 is 5.25 Å². The van der Waals surface area contributed by atoms with E-state index in [2.05, 4.69) is 16.4 Å². The van der Waals surface area contributed by atoms with Gasteiger partial charge in [0, 0.05) is 6.54 Å². The van der Waals surface area contributed by atoms with Crippen molar-refractivity contribution in [2.24, 2.45) is 5.92 Å². The predicted molar refractivity (Wildman–Crippen MR) is 114 cm³/mol. The zero-order valence-corrected chi connectivity index (χ0v) is 17.4. The number of rotatable bonds is 6. The van der Waals surface area contributed by atoms with Crippen molar-refractivity contribution in [3.8, 4) is 6.07 Å². The zero-order valence-electron chi connectivity index (χ0n) is 15.8. The Bertz CT molecular complexity index is 1110. The highest BCUT2D eigenvalue weighted by Crippen LogP contribution is 2.27. The second-order valence-electron chi connectivity index (χ2n) is 6.75. The third kappa shape index (κ3) is 4.26. The third-order valence-corrected chi connectivity index (χ3v) is 5.97. The number of fused-ring (bicyclic) bond motifs is 1. The number of aromatic nitrogens is 2. The Morgan fingerprint density at radius 3 is 2.79 bits per heavy atom. The molecule has 3 rings (SSSR count). The molecule has 144 valence electrons. The van der Waals surface area contributed by atoms with Crippen LogP contribution in [0.3, 0.4) is 0 Å². The Kier molecular flexibility index (Phi) is 6.17. The van der Waals surface area contributed by atoms with E-state index in [4.69, 9.17) is 5.26 Å². The minimum atomic E-state index is -0.486. The average Bonchev–Trinajstić information content (AvgIpc) is 3.11. The smallest absolute Gasteiger partial charge is 0.262 e. The number of benzene rings is 1. The summed E-state index contributed by atoms with van der Waals surface area (Å²) in [6.07, 6.45) is 0. The van der Waals surface area contributed by atoms with Crippen LogP contribution in [0.2, 0.25) is 0 Å². The Hall–Kier alpha value is -2.63. The first-order chi connectivity index (χ1) is 13.4. The fraction of sp³-hybridized carbons (Fsp3) is 0.300. The van der Waals surface area contributed by atoms with E-state index in [-0.39, 0.29) is 17.4 Å². The fourth-order valence-corrected chi connectivity index (χ4v) is 4.34. The van der Waals surface area contributed by atoms with Crippen LogP contribution in [-0.2, 0) is 11.3 Å². The Balaban J connectivity index is 1.91. The molecule has 3 aromatic rings. The van der Waals surface area contributed by atoms with E-state index in [1.165, 1.54) is 23.1 Å². The summed E-state index contributed by atoms with van der Waals surface area (Å²) in [5, 5.41) is 14.8. The van der Waals surface area contributed by atoms with Crippen molar-refractivity contribution in [3.05, 3.63) is 51.6 Å². The van der Waals surface area contributed by atoms with Gasteiger partial charge >= 0.3 is 0 Å². The molecule has 2 aromatic heterocycles. The highest BCUT2D eigenvalue weighted by Gasteiger charge is 2.21. The van der Waals surface area contributed by atoms with Crippen molar-refractivity contribution < 1.29 is 4.79 Å².